The highest BCUT2D eigenvalue weighted by atomic mass is 35.5. The number of aryl methyl sites for hydroxylation is 1. The Morgan fingerprint density at radius 3 is 2.39 bits per heavy atom. The van der Waals surface area contributed by atoms with Gasteiger partial charge in [0.15, 0.2) is 0 Å². The summed E-state index contributed by atoms with van der Waals surface area (Å²) in [5.41, 5.74) is 3.54. The number of carbonyl (C=O) groups excluding carboxylic acids is 1. The summed E-state index contributed by atoms with van der Waals surface area (Å²) >= 11 is 6.14. The third kappa shape index (κ3) is 4.59. The monoisotopic (exact) mass is 468 g/mol. The van der Waals surface area contributed by atoms with E-state index in [0.29, 0.717) is 24.0 Å². The zero-order valence-electron chi connectivity index (χ0n) is 19.6. The molecule has 1 amide bonds. The van der Waals surface area contributed by atoms with Crippen LogP contribution < -0.4 is 4.90 Å². The molecule has 5 rings (SSSR count). The van der Waals surface area contributed by atoms with Gasteiger partial charge in [-0.2, -0.15) is 0 Å². The van der Waals surface area contributed by atoms with E-state index in [0.717, 1.165) is 63.5 Å². The summed E-state index contributed by atoms with van der Waals surface area (Å²) in [7, 11) is 2.14. The fourth-order valence-electron chi connectivity index (χ4n) is 5.42. The third-order valence-corrected chi connectivity index (χ3v) is 7.72. The van der Waals surface area contributed by atoms with Gasteiger partial charge in [0.2, 0.25) is 5.91 Å². The molecule has 0 radical (unpaired) electrons. The standard InChI is InChI=1S/C25H33ClN6O/c1-18-3-8-21-22(18)24(28-17-27-21)31-13-15-32(16-14-31)25(33)23(19-4-6-20(26)7-5-19)30-11-9-29(2)10-12-30/h4-7,17-18,23H,3,8-16H2,1-2H3. The Balaban J connectivity index is 1.32. The number of anilines is 1. The lowest BCUT2D eigenvalue weighted by molar-refractivity contribution is -0.138. The molecule has 0 bridgehead atoms. The Labute approximate surface area is 201 Å². The van der Waals surface area contributed by atoms with Crippen molar-refractivity contribution in [2.75, 3.05) is 64.3 Å². The molecule has 176 valence electrons. The molecular weight excluding hydrogens is 436 g/mol. The minimum atomic E-state index is -0.258. The molecule has 2 saturated heterocycles. The summed E-state index contributed by atoms with van der Waals surface area (Å²) in [4.78, 5) is 32.0. The Morgan fingerprint density at radius 1 is 1.00 bits per heavy atom. The summed E-state index contributed by atoms with van der Waals surface area (Å²) in [5.74, 6) is 1.77. The molecular formula is C25H33ClN6O. The predicted molar refractivity (Wildman–Crippen MR) is 131 cm³/mol. The topological polar surface area (TPSA) is 55.8 Å². The summed E-state index contributed by atoms with van der Waals surface area (Å²) in [6.45, 7) is 9.03. The van der Waals surface area contributed by atoms with Crippen molar-refractivity contribution in [3.63, 3.8) is 0 Å². The molecule has 3 heterocycles. The summed E-state index contributed by atoms with van der Waals surface area (Å²) in [6, 6.07) is 7.53. The van der Waals surface area contributed by atoms with Crippen molar-refractivity contribution in [2.45, 2.75) is 31.7 Å². The average molecular weight is 469 g/mol. The highest BCUT2D eigenvalue weighted by Crippen LogP contribution is 2.37. The van der Waals surface area contributed by atoms with Gasteiger partial charge in [0.25, 0.3) is 0 Å². The Morgan fingerprint density at radius 2 is 1.70 bits per heavy atom. The highest BCUT2D eigenvalue weighted by Gasteiger charge is 2.35. The van der Waals surface area contributed by atoms with Gasteiger partial charge in [-0.15, -0.1) is 0 Å². The molecule has 0 saturated carbocycles. The fourth-order valence-corrected chi connectivity index (χ4v) is 5.55. The van der Waals surface area contributed by atoms with Gasteiger partial charge in [-0.25, -0.2) is 9.97 Å². The number of halogens is 1. The van der Waals surface area contributed by atoms with Crippen LogP contribution in [0.4, 0.5) is 5.82 Å². The maximum atomic E-state index is 13.8. The van der Waals surface area contributed by atoms with Crippen LogP contribution in [0, 0.1) is 0 Å². The first-order valence-corrected chi connectivity index (χ1v) is 12.4. The van der Waals surface area contributed by atoms with Crippen molar-refractivity contribution in [1.29, 1.82) is 0 Å². The van der Waals surface area contributed by atoms with Gasteiger partial charge in [0, 0.05) is 68.6 Å². The molecule has 0 N–H and O–H groups in total. The Kier molecular flexibility index (Phi) is 6.54. The second-order valence-corrected chi connectivity index (χ2v) is 10.0. The smallest absolute Gasteiger partial charge is 0.244 e. The van der Waals surface area contributed by atoms with Crippen LogP contribution in [0.2, 0.25) is 5.02 Å². The number of rotatable bonds is 4. The van der Waals surface area contributed by atoms with E-state index in [1.165, 1.54) is 11.3 Å². The first-order valence-electron chi connectivity index (χ1n) is 12.1. The van der Waals surface area contributed by atoms with E-state index in [1.807, 2.05) is 29.2 Å². The number of benzene rings is 1. The molecule has 2 atom stereocenters. The Hall–Kier alpha value is -2.22. The third-order valence-electron chi connectivity index (χ3n) is 7.47. The first kappa shape index (κ1) is 22.6. The van der Waals surface area contributed by atoms with Gasteiger partial charge in [-0.05, 0) is 43.5 Å². The van der Waals surface area contributed by atoms with Crippen molar-refractivity contribution in [1.82, 2.24) is 24.7 Å². The molecule has 1 aliphatic carbocycles. The van der Waals surface area contributed by atoms with Crippen molar-refractivity contribution >= 4 is 23.3 Å². The minimum absolute atomic E-state index is 0.197. The molecule has 3 aliphatic rings. The lowest BCUT2D eigenvalue weighted by atomic mass is 10.0. The molecule has 0 spiro atoms. The maximum Gasteiger partial charge on any atom is 0.244 e. The number of likely N-dealkylation sites (N-methyl/N-ethyl adjacent to an activating group) is 1. The second kappa shape index (κ2) is 9.57. The van der Waals surface area contributed by atoms with Crippen LogP contribution in [-0.2, 0) is 11.2 Å². The number of aromatic nitrogens is 2. The van der Waals surface area contributed by atoms with Crippen molar-refractivity contribution in [2.24, 2.45) is 0 Å². The van der Waals surface area contributed by atoms with E-state index >= 15 is 0 Å². The molecule has 1 aromatic heterocycles. The summed E-state index contributed by atoms with van der Waals surface area (Å²) < 4.78 is 0. The highest BCUT2D eigenvalue weighted by molar-refractivity contribution is 6.30. The molecule has 8 heteroatoms. The maximum absolute atomic E-state index is 13.8. The fraction of sp³-hybridized carbons (Fsp3) is 0.560. The number of fused-ring (bicyclic) bond motifs is 1. The molecule has 1 aromatic carbocycles. The quantitative estimate of drug-likeness (QED) is 0.687. The molecule has 2 aliphatic heterocycles. The number of carbonyl (C=O) groups is 1. The lowest BCUT2D eigenvalue weighted by Gasteiger charge is -2.42. The van der Waals surface area contributed by atoms with E-state index in [4.69, 9.17) is 11.6 Å². The van der Waals surface area contributed by atoms with Gasteiger partial charge in [-0.3, -0.25) is 9.69 Å². The minimum Gasteiger partial charge on any atom is -0.353 e. The molecule has 2 fully saturated rings. The van der Waals surface area contributed by atoms with Gasteiger partial charge >= 0.3 is 0 Å². The average Bonchev–Trinajstić information content (AvgIpc) is 3.23. The number of nitrogens with zero attached hydrogens (tertiary/aromatic N) is 6. The number of hydrogen-bond donors (Lipinski definition) is 0. The van der Waals surface area contributed by atoms with Gasteiger partial charge in [-0.1, -0.05) is 30.7 Å². The predicted octanol–water partition coefficient (Wildman–Crippen LogP) is 2.82. The molecule has 2 aromatic rings. The van der Waals surface area contributed by atoms with Crippen LogP contribution in [0.3, 0.4) is 0 Å². The van der Waals surface area contributed by atoms with Crippen LogP contribution in [0.15, 0.2) is 30.6 Å². The van der Waals surface area contributed by atoms with Gasteiger partial charge < -0.3 is 14.7 Å². The lowest BCUT2D eigenvalue weighted by Crippen LogP contribution is -2.54. The normalized spacial score (nSPS) is 22.9. The largest absolute Gasteiger partial charge is 0.353 e. The van der Waals surface area contributed by atoms with Gasteiger partial charge in [0.05, 0.1) is 0 Å². The Bertz CT molecular complexity index is 983. The van der Waals surface area contributed by atoms with Crippen LogP contribution in [0.1, 0.15) is 42.1 Å². The van der Waals surface area contributed by atoms with E-state index in [2.05, 4.69) is 38.6 Å². The van der Waals surface area contributed by atoms with Crippen LogP contribution >= 0.6 is 11.6 Å². The number of amides is 1. The van der Waals surface area contributed by atoms with Crippen molar-refractivity contribution in [3.8, 4) is 0 Å². The van der Waals surface area contributed by atoms with Crippen LogP contribution in [0.5, 0.6) is 0 Å². The van der Waals surface area contributed by atoms with Crippen LogP contribution in [0.25, 0.3) is 0 Å². The zero-order chi connectivity index (χ0) is 22.9. The van der Waals surface area contributed by atoms with Crippen molar-refractivity contribution < 1.29 is 4.79 Å². The first-order chi connectivity index (χ1) is 16.0. The molecule has 2 unspecified atom stereocenters. The van der Waals surface area contributed by atoms with E-state index in [9.17, 15) is 4.79 Å². The van der Waals surface area contributed by atoms with Gasteiger partial charge in [0.1, 0.15) is 18.2 Å². The van der Waals surface area contributed by atoms with Crippen molar-refractivity contribution in [3.05, 3.63) is 52.4 Å². The van der Waals surface area contributed by atoms with E-state index in [1.54, 1.807) is 6.33 Å². The molecule has 7 nitrogen and oxygen atoms in total. The second-order valence-electron chi connectivity index (χ2n) is 9.60. The number of piperazine rings is 2. The van der Waals surface area contributed by atoms with E-state index < -0.39 is 0 Å². The number of hydrogen-bond acceptors (Lipinski definition) is 6. The summed E-state index contributed by atoms with van der Waals surface area (Å²) in [5, 5.41) is 0.698. The van der Waals surface area contributed by atoms with Crippen LogP contribution in [-0.4, -0.2) is 90.0 Å². The zero-order valence-corrected chi connectivity index (χ0v) is 20.3. The summed E-state index contributed by atoms with van der Waals surface area (Å²) in [6.07, 6.45) is 3.89. The SMILES string of the molecule is CC1CCc2ncnc(N3CCN(C(=O)C(c4ccc(Cl)cc4)N4CCN(C)CC4)CC3)c21. The molecule has 33 heavy (non-hydrogen) atoms. The van der Waals surface area contributed by atoms with E-state index in [-0.39, 0.29) is 11.9 Å².